The molecule has 0 nitrogen and oxygen atoms in total. The maximum absolute atomic E-state index is 2.99. The minimum atomic E-state index is 0.203. The second-order valence-corrected chi connectivity index (χ2v) is 13.2. The standard InChI is InChI=1S/C21H25.C6H10.C5H5.Zr/c1-20(2,3)16-7-9-18-14(12-16)11-15-13-17(21(4,5)6)8-10-19(15)18;1-2-4-6-5-3-1;1-2-4-5-3-1;/h7-13H,1-6H3;1-5H2;1-3H,4H2;/q-1;;-1;+2. The molecule has 2 aliphatic carbocycles. The zero-order valence-corrected chi connectivity index (χ0v) is 24.0. The molecule has 3 aromatic rings. The average molecular weight is 516 g/mol. The van der Waals surface area contributed by atoms with Crippen LogP contribution in [0, 0.1) is 6.08 Å². The molecule has 3 aromatic carbocycles. The van der Waals surface area contributed by atoms with Crippen molar-refractivity contribution < 1.29 is 24.2 Å². The molecule has 0 bridgehead atoms. The first kappa shape index (κ1) is 26.2. The van der Waals surface area contributed by atoms with Gasteiger partial charge in [0.15, 0.2) is 0 Å². The number of fused-ring (bicyclic) bond motifs is 3. The topological polar surface area (TPSA) is 0 Å². The fraction of sp³-hybridized carbons (Fsp3) is 0.438. The summed E-state index contributed by atoms with van der Waals surface area (Å²) in [7, 11) is 0. The Morgan fingerprint density at radius 3 is 1.58 bits per heavy atom. The molecule has 0 N–H and O–H groups in total. The van der Waals surface area contributed by atoms with Gasteiger partial charge in [-0.25, -0.2) is 12.2 Å². The van der Waals surface area contributed by atoms with Gasteiger partial charge in [-0.05, 0) is 10.8 Å². The fourth-order valence-electron chi connectivity index (χ4n) is 4.27. The molecule has 0 radical (unpaired) electrons. The summed E-state index contributed by atoms with van der Waals surface area (Å²) in [5, 5.41) is 5.48. The van der Waals surface area contributed by atoms with Crippen LogP contribution in [-0.2, 0) is 35.1 Å². The summed E-state index contributed by atoms with van der Waals surface area (Å²) in [6, 6.07) is 16.2. The molecule has 172 valence electrons. The molecule has 0 aliphatic heterocycles. The SMILES string of the molecule is CC(C)(C)c1ccc2c(c1)[cH-]c1cc(C(C)(C)C)ccc12.[C-]1=CC=CC1.[Zr+2]=[C]1CCCCC1. The number of hydrogen-bond donors (Lipinski definition) is 0. The summed E-state index contributed by atoms with van der Waals surface area (Å²) < 4.78 is 1.80. The van der Waals surface area contributed by atoms with Crippen molar-refractivity contribution >= 4 is 24.8 Å². The van der Waals surface area contributed by atoms with E-state index in [1.807, 2.05) is 12.2 Å². The van der Waals surface area contributed by atoms with Gasteiger partial charge in [0.1, 0.15) is 0 Å². The van der Waals surface area contributed by atoms with E-state index in [4.69, 9.17) is 0 Å². The first-order valence-corrected chi connectivity index (χ1v) is 13.7. The van der Waals surface area contributed by atoms with Crippen LogP contribution in [0.15, 0.2) is 60.7 Å². The van der Waals surface area contributed by atoms with Crippen molar-refractivity contribution in [3.05, 3.63) is 77.9 Å². The van der Waals surface area contributed by atoms with Gasteiger partial charge in [-0.1, -0.05) is 76.9 Å². The van der Waals surface area contributed by atoms with Crippen LogP contribution in [0.3, 0.4) is 0 Å². The molecule has 0 saturated heterocycles. The zero-order valence-electron chi connectivity index (χ0n) is 21.5. The van der Waals surface area contributed by atoms with E-state index in [2.05, 4.69) is 96.2 Å². The van der Waals surface area contributed by atoms with Crippen LogP contribution >= 0.6 is 0 Å². The van der Waals surface area contributed by atoms with Crippen molar-refractivity contribution in [1.82, 2.24) is 0 Å². The Morgan fingerprint density at radius 1 is 0.758 bits per heavy atom. The van der Waals surface area contributed by atoms with Crippen molar-refractivity contribution in [2.45, 2.75) is 90.9 Å². The van der Waals surface area contributed by atoms with Crippen LogP contribution in [0.5, 0.6) is 0 Å². The molecule has 0 atom stereocenters. The molecular formula is C32H40Zr. The van der Waals surface area contributed by atoms with E-state index in [1.165, 1.54) is 64.8 Å². The van der Waals surface area contributed by atoms with E-state index in [0.717, 1.165) is 6.42 Å². The van der Waals surface area contributed by atoms with Crippen molar-refractivity contribution in [2.24, 2.45) is 0 Å². The molecule has 1 saturated carbocycles. The molecule has 0 heterocycles. The Balaban J connectivity index is 0.000000207. The maximum atomic E-state index is 2.99. The summed E-state index contributed by atoms with van der Waals surface area (Å²) in [5.74, 6) is 0. The van der Waals surface area contributed by atoms with E-state index in [9.17, 15) is 0 Å². The summed E-state index contributed by atoms with van der Waals surface area (Å²) >= 11 is 1.69. The van der Waals surface area contributed by atoms with Crippen molar-refractivity contribution in [1.29, 1.82) is 0 Å². The van der Waals surface area contributed by atoms with Crippen molar-refractivity contribution in [2.75, 3.05) is 0 Å². The molecule has 5 rings (SSSR count). The second-order valence-electron chi connectivity index (χ2n) is 11.4. The summed E-state index contributed by atoms with van der Waals surface area (Å²) in [6.07, 6.45) is 17.3. The van der Waals surface area contributed by atoms with E-state index < -0.39 is 0 Å². The molecule has 0 aromatic heterocycles. The number of allylic oxidation sites excluding steroid dienone is 4. The van der Waals surface area contributed by atoms with Gasteiger partial charge in [-0.15, -0.1) is 46.2 Å². The van der Waals surface area contributed by atoms with Gasteiger partial charge < -0.3 is 0 Å². The van der Waals surface area contributed by atoms with Gasteiger partial charge in [-0.2, -0.15) is 6.08 Å². The van der Waals surface area contributed by atoms with Crippen LogP contribution in [0.2, 0.25) is 0 Å². The molecule has 33 heavy (non-hydrogen) atoms. The van der Waals surface area contributed by atoms with Gasteiger partial charge in [-0.3, -0.25) is 6.08 Å². The third-order valence-electron chi connectivity index (χ3n) is 6.48. The van der Waals surface area contributed by atoms with Crippen LogP contribution in [0.4, 0.5) is 0 Å². The van der Waals surface area contributed by atoms with Crippen molar-refractivity contribution in [3.8, 4) is 0 Å². The molecular weight excluding hydrogens is 476 g/mol. The zero-order chi connectivity index (χ0) is 24.1. The predicted molar refractivity (Wildman–Crippen MR) is 144 cm³/mol. The quantitative estimate of drug-likeness (QED) is 0.262. The minimum absolute atomic E-state index is 0.203. The fourth-order valence-corrected chi connectivity index (χ4v) is 5.14. The predicted octanol–water partition coefficient (Wildman–Crippen LogP) is 9.28. The third-order valence-corrected chi connectivity index (χ3v) is 7.71. The van der Waals surface area contributed by atoms with Gasteiger partial charge in [0.05, 0.1) is 0 Å². The van der Waals surface area contributed by atoms with Crippen LogP contribution < -0.4 is 0 Å². The van der Waals surface area contributed by atoms with E-state index in [-0.39, 0.29) is 10.8 Å². The molecule has 0 unspecified atom stereocenters. The van der Waals surface area contributed by atoms with E-state index in [1.54, 1.807) is 27.4 Å². The summed E-state index contributed by atoms with van der Waals surface area (Å²) in [5.41, 5.74) is 3.21. The monoisotopic (exact) mass is 514 g/mol. The Bertz CT molecular complexity index is 1050. The summed E-state index contributed by atoms with van der Waals surface area (Å²) in [4.78, 5) is 0. The molecule has 1 heteroatoms. The second kappa shape index (κ2) is 11.3. The molecule has 2 aliphatic rings. The number of hydrogen-bond acceptors (Lipinski definition) is 0. The van der Waals surface area contributed by atoms with Gasteiger partial charge >= 0.3 is 59.5 Å². The van der Waals surface area contributed by atoms with Crippen LogP contribution in [-0.4, -0.2) is 3.21 Å². The Kier molecular flexibility index (Phi) is 8.97. The van der Waals surface area contributed by atoms with Gasteiger partial charge in [0.2, 0.25) is 0 Å². The number of benzene rings is 2. The van der Waals surface area contributed by atoms with E-state index in [0.29, 0.717) is 0 Å². The Hall–Kier alpha value is -1.46. The Morgan fingerprint density at radius 2 is 1.27 bits per heavy atom. The third kappa shape index (κ3) is 7.52. The molecule has 0 spiro atoms. The van der Waals surface area contributed by atoms with Crippen LogP contribution in [0.1, 0.15) is 91.2 Å². The Labute approximate surface area is 216 Å². The summed E-state index contributed by atoms with van der Waals surface area (Å²) in [6.45, 7) is 13.6. The first-order chi connectivity index (χ1) is 15.6. The molecule has 1 fully saturated rings. The van der Waals surface area contributed by atoms with Gasteiger partial charge in [0, 0.05) is 0 Å². The molecule has 0 amide bonds. The average Bonchev–Trinajstić information content (AvgIpc) is 3.44. The van der Waals surface area contributed by atoms with Crippen LogP contribution in [0.25, 0.3) is 21.5 Å². The number of rotatable bonds is 0. The van der Waals surface area contributed by atoms with E-state index >= 15 is 0 Å². The van der Waals surface area contributed by atoms with Crippen molar-refractivity contribution in [3.63, 3.8) is 0 Å². The van der Waals surface area contributed by atoms with Gasteiger partial charge in [0.25, 0.3) is 0 Å². The first-order valence-electron chi connectivity index (χ1n) is 12.5. The normalized spacial score (nSPS) is 15.9.